The molecule has 0 spiro atoms. The summed E-state index contributed by atoms with van der Waals surface area (Å²) < 4.78 is 0. The van der Waals surface area contributed by atoms with Crippen molar-refractivity contribution in [3.05, 3.63) is 58.4 Å². The molecule has 3 nitrogen and oxygen atoms in total. The van der Waals surface area contributed by atoms with E-state index in [-0.39, 0.29) is 5.78 Å². The number of nitrogens with zero attached hydrogens (tertiary/aromatic N) is 2. The van der Waals surface area contributed by atoms with Crippen LogP contribution in [0.3, 0.4) is 0 Å². The predicted octanol–water partition coefficient (Wildman–Crippen LogP) is 2.67. The van der Waals surface area contributed by atoms with E-state index in [2.05, 4.69) is 10.2 Å². The Morgan fingerprint density at radius 3 is 2.62 bits per heavy atom. The Kier molecular flexibility index (Phi) is 2.97. The molecule has 1 aromatic carbocycles. The lowest BCUT2D eigenvalue weighted by atomic mass is 10.0. The Labute approximate surface area is 98.1 Å². The number of carbonyl (C=O) groups is 1. The van der Waals surface area contributed by atoms with Gasteiger partial charge < -0.3 is 0 Å². The second kappa shape index (κ2) is 4.41. The SMILES string of the molecule is Cc1ccc(C(=O)c2ccnnc2)cc1Cl. The highest BCUT2D eigenvalue weighted by molar-refractivity contribution is 6.31. The third kappa shape index (κ3) is 2.09. The fourth-order valence-electron chi connectivity index (χ4n) is 1.33. The van der Waals surface area contributed by atoms with Gasteiger partial charge in [-0.1, -0.05) is 23.7 Å². The van der Waals surface area contributed by atoms with Crippen LogP contribution in [0, 0.1) is 6.92 Å². The Balaban J connectivity index is 2.39. The molecule has 0 aliphatic heterocycles. The van der Waals surface area contributed by atoms with Crippen LogP contribution in [-0.2, 0) is 0 Å². The largest absolute Gasteiger partial charge is 0.289 e. The molecule has 0 saturated carbocycles. The number of ketones is 1. The molecule has 0 saturated heterocycles. The number of hydrogen-bond acceptors (Lipinski definition) is 3. The Hall–Kier alpha value is -1.74. The van der Waals surface area contributed by atoms with Crippen molar-refractivity contribution in [1.82, 2.24) is 10.2 Å². The highest BCUT2D eigenvalue weighted by Gasteiger charge is 2.10. The van der Waals surface area contributed by atoms with Crippen molar-refractivity contribution in [1.29, 1.82) is 0 Å². The van der Waals surface area contributed by atoms with Crippen molar-refractivity contribution in [2.75, 3.05) is 0 Å². The first-order valence-electron chi connectivity index (χ1n) is 4.76. The maximum Gasteiger partial charge on any atom is 0.194 e. The molecular formula is C12H9ClN2O. The third-order valence-corrected chi connectivity index (χ3v) is 2.69. The summed E-state index contributed by atoms with van der Waals surface area (Å²) in [4.78, 5) is 12.0. The van der Waals surface area contributed by atoms with Gasteiger partial charge in [0.1, 0.15) is 0 Å². The van der Waals surface area contributed by atoms with E-state index in [0.29, 0.717) is 16.1 Å². The Morgan fingerprint density at radius 2 is 2.00 bits per heavy atom. The minimum Gasteiger partial charge on any atom is -0.289 e. The van der Waals surface area contributed by atoms with Gasteiger partial charge in [0.2, 0.25) is 0 Å². The van der Waals surface area contributed by atoms with E-state index in [9.17, 15) is 4.79 Å². The molecule has 4 heteroatoms. The topological polar surface area (TPSA) is 42.9 Å². The molecule has 2 rings (SSSR count). The smallest absolute Gasteiger partial charge is 0.194 e. The summed E-state index contributed by atoms with van der Waals surface area (Å²) in [5.41, 5.74) is 2.02. The number of carbonyl (C=O) groups excluding carboxylic acids is 1. The van der Waals surface area contributed by atoms with Crippen molar-refractivity contribution < 1.29 is 4.79 Å². The van der Waals surface area contributed by atoms with Gasteiger partial charge in [-0.15, -0.1) is 0 Å². The van der Waals surface area contributed by atoms with Crippen molar-refractivity contribution in [2.24, 2.45) is 0 Å². The molecule has 0 fully saturated rings. The van der Waals surface area contributed by atoms with Crippen molar-refractivity contribution in [3.63, 3.8) is 0 Å². The maximum atomic E-state index is 12.0. The summed E-state index contributed by atoms with van der Waals surface area (Å²) in [7, 11) is 0. The van der Waals surface area contributed by atoms with E-state index >= 15 is 0 Å². The molecule has 0 atom stereocenters. The van der Waals surface area contributed by atoms with Crippen LogP contribution in [0.25, 0.3) is 0 Å². The monoisotopic (exact) mass is 232 g/mol. The summed E-state index contributed by atoms with van der Waals surface area (Å²) in [5, 5.41) is 7.88. The standard InChI is InChI=1S/C12H9ClN2O/c1-8-2-3-9(6-11(8)13)12(16)10-4-5-14-15-7-10/h2-7H,1H3. The minimum absolute atomic E-state index is 0.100. The minimum atomic E-state index is -0.100. The maximum absolute atomic E-state index is 12.0. The van der Waals surface area contributed by atoms with Crippen molar-refractivity contribution in [2.45, 2.75) is 6.92 Å². The zero-order chi connectivity index (χ0) is 11.5. The lowest BCUT2D eigenvalue weighted by molar-refractivity contribution is 0.103. The van der Waals surface area contributed by atoms with Gasteiger partial charge in [0.25, 0.3) is 0 Å². The average molecular weight is 233 g/mol. The van der Waals surface area contributed by atoms with Gasteiger partial charge in [-0.05, 0) is 24.6 Å². The molecule has 0 amide bonds. The second-order valence-electron chi connectivity index (χ2n) is 3.42. The second-order valence-corrected chi connectivity index (χ2v) is 3.83. The molecule has 0 aliphatic rings. The fraction of sp³-hybridized carbons (Fsp3) is 0.0833. The first-order valence-corrected chi connectivity index (χ1v) is 5.14. The number of benzene rings is 1. The van der Waals surface area contributed by atoms with E-state index in [1.165, 1.54) is 12.4 Å². The van der Waals surface area contributed by atoms with Gasteiger partial charge >= 0.3 is 0 Å². The number of hydrogen-bond donors (Lipinski definition) is 0. The van der Waals surface area contributed by atoms with Crippen LogP contribution in [0.5, 0.6) is 0 Å². The van der Waals surface area contributed by atoms with E-state index in [0.717, 1.165) is 5.56 Å². The van der Waals surface area contributed by atoms with E-state index in [1.54, 1.807) is 18.2 Å². The first-order chi connectivity index (χ1) is 7.68. The molecule has 16 heavy (non-hydrogen) atoms. The van der Waals surface area contributed by atoms with Crippen LogP contribution in [0.4, 0.5) is 0 Å². The van der Waals surface area contributed by atoms with Crippen LogP contribution in [0.15, 0.2) is 36.7 Å². The molecule has 80 valence electrons. The summed E-state index contributed by atoms with van der Waals surface area (Å²) >= 11 is 5.97. The normalized spacial score (nSPS) is 10.1. The van der Waals surface area contributed by atoms with Crippen LogP contribution in [0.2, 0.25) is 5.02 Å². The van der Waals surface area contributed by atoms with Crippen LogP contribution in [-0.4, -0.2) is 16.0 Å². The van der Waals surface area contributed by atoms with Gasteiger partial charge in [-0.3, -0.25) is 4.79 Å². The molecular weight excluding hydrogens is 224 g/mol. The summed E-state index contributed by atoms with van der Waals surface area (Å²) in [5.74, 6) is -0.100. The average Bonchev–Trinajstić information content (AvgIpc) is 2.33. The molecule has 1 aromatic heterocycles. The highest BCUT2D eigenvalue weighted by Crippen LogP contribution is 2.18. The van der Waals surface area contributed by atoms with E-state index in [1.807, 2.05) is 13.0 Å². The molecule has 0 aliphatic carbocycles. The molecule has 2 aromatic rings. The quantitative estimate of drug-likeness (QED) is 0.748. The molecule has 0 bridgehead atoms. The van der Waals surface area contributed by atoms with Crippen LogP contribution in [0.1, 0.15) is 21.5 Å². The number of aryl methyl sites for hydroxylation is 1. The first kappa shape index (κ1) is 10.8. The molecule has 0 N–H and O–H groups in total. The summed E-state index contributed by atoms with van der Waals surface area (Å²) in [6.45, 7) is 1.89. The Bertz CT molecular complexity index is 526. The zero-order valence-corrected chi connectivity index (χ0v) is 9.40. The molecule has 0 unspecified atom stereocenters. The van der Waals surface area contributed by atoms with Gasteiger partial charge in [0.15, 0.2) is 5.78 Å². The van der Waals surface area contributed by atoms with E-state index < -0.39 is 0 Å². The third-order valence-electron chi connectivity index (χ3n) is 2.28. The summed E-state index contributed by atoms with van der Waals surface area (Å²) in [6.07, 6.45) is 2.93. The molecule has 1 heterocycles. The number of halogens is 1. The summed E-state index contributed by atoms with van der Waals surface area (Å²) in [6, 6.07) is 6.87. The predicted molar refractivity (Wildman–Crippen MR) is 61.7 cm³/mol. The van der Waals surface area contributed by atoms with Gasteiger partial charge in [-0.2, -0.15) is 10.2 Å². The van der Waals surface area contributed by atoms with Crippen LogP contribution < -0.4 is 0 Å². The number of aromatic nitrogens is 2. The van der Waals surface area contributed by atoms with Crippen molar-refractivity contribution in [3.8, 4) is 0 Å². The van der Waals surface area contributed by atoms with E-state index in [4.69, 9.17) is 11.6 Å². The van der Waals surface area contributed by atoms with Gasteiger partial charge in [-0.25, -0.2) is 0 Å². The van der Waals surface area contributed by atoms with Crippen molar-refractivity contribution >= 4 is 17.4 Å². The lowest BCUT2D eigenvalue weighted by Crippen LogP contribution is -2.02. The highest BCUT2D eigenvalue weighted by atomic mass is 35.5. The Morgan fingerprint density at radius 1 is 1.19 bits per heavy atom. The number of rotatable bonds is 2. The van der Waals surface area contributed by atoms with Gasteiger partial charge in [0, 0.05) is 16.1 Å². The lowest BCUT2D eigenvalue weighted by Gasteiger charge is -2.02. The molecule has 0 radical (unpaired) electrons. The zero-order valence-electron chi connectivity index (χ0n) is 8.64. The fourth-order valence-corrected chi connectivity index (χ4v) is 1.51. The van der Waals surface area contributed by atoms with Crippen LogP contribution >= 0.6 is 11.6 Å². The van der Waals surface area contributed by atoms with Gasteiger partial charge in [0.05, 0.1) is 12.4 Å².